The molecule has 1 saturated heterocycles. The highest BCUT2D eigenvalue weighted by Crippen LogP contribution is 2.37. The number of ether oxygens (including phenoxy) is 4. The smallest absolute Gasteiger partial charge is 0.306 e. The largest absolute Gasteiger partial charge is 0.494 e. The van der Waals surface area contributed by atoms with Crippen molar-refractivity contribution in [1.29, 1.82) is 0 Å². The van der Waals surface area contributed by atoms with Gasteiger partial charge in [0.1, 0.15) is 11.5 Å². The fraction of sp³-hybridized carbons (Fsp3) is 0.419. The summed E-state index contributed by atoms with van der Waals surface area (Å²) in [6, 6.07) is 12.8. The molecule has 0 amide bonds. The van der Waals surface area contributed by atoms with Gasteiger partial charge in [-0.25, -0.2) is 0 Å². The van der Waals surface area contributed by atoms with Gasteiger partial charge in [0.15, 0.2) is 0 Å². The lowest BCUT2D eigenvalue weighted by molar-refractivity contribution is -0.141. The van der Waals surface area contributed by atoms with Crippen LogP contribution in [0, 0.1) is 19.8 Å². The van der Waals surface area contributed by atoms with E-state index in [0.29, 0.717) is 19.6 Å². The zero-order chi connectivity index (χ0) is 26.4. The molecule has 0 N–H and O–H groups in total. The van der Waals surface area contributed by atoms with Gasteiger partial charge in [0.2, 0.25) is 0 Å². The van der Waals surface area contributed by atoms with Crippen LogP contribution in [0.3, 0.4) is 0 Å². The number of aryl methyl sites for hydroxylation is 2. The number of allylic oxidation sites excluding steroid dienone is 1. The highest BCUT2D eigenvalue weighted by Gasteiger charge is 2.32. The molecule has 3 unspecified atom stereocenters. The van der Waals surface area contributed by atoms with Crippen LogP contribution in [-0.4, -0.2) is 50.3 Å². The summed E-state index contributed by atoms with van der Waals surface area (Å²) >= 11 is 0. The topological polar surface area (TPSA) is 54.0 Å². The quantitative estimate of drug-likeness (QED) is 0.195. The standard InChI is InChI=1S/C31H38O5S/c1-21-14-27(34-12-7-13-37(4)5)15-22(2)31(21)24-9-6-8-23(16-24)19-35-26-10-11-28-25(17-30(32)33-3)20-36-29(28)18-26/h6,8-9,11,14-16,18,25-26H,4,7,10,12-13,17,19-20H2,1-3,5H3. The van der Waals surface area contributed by atoms with E-state index >= 15 is 0 Å². The van der Waals surface area contributed by atoms with Crippen molar-refractivity contribution >= 4 is 22.3 Å². The van der Waals surface area contributed by atoms with Gasteiger partial charge in [-0.05, 0) is 96.4 Å². The maximum absolute atomic E-state index is 11.7. The van der Waals surface area contributed by atoms with E-state index in [-0.39, 0.29) is 28.5 Å². The van der Waals surface area contributed by atoms with Gasteiger partial charge < -0.3 is 18.9 Å². The number of carbonyl (C=O) groups is 1. The summed E-state index contributed by atoms with van der Waals surface area (Å²) in [4.78, 5) is 11.7. The van der Waals surface area contributed by atoms with Crippen LogP contribution >= 0.6 is 10.5 Å². The van der Waals surface area contributed by atoms with Gasteiger partial charge in [-0.2, -0.15) is 10.5 Å². The number of hydrogen-bond acceptors (Lipinski definition) is 5. The average Bonchev–Trinajstić information content (AvgIpc) is 3.27. The fourth-order valence-electron chi connectivity index (χ4n) is 5.00. The Morgan fingerprint density at radius 2 is 1.97 bits per heavy atom. The normalized spacial score (nSPS) is 19.4. The maximum atomic E-state index is 11.7. The van der Waals surface area contributed by atoms with Crippen molar-refractivity contribution in [3.8, 4) is 16.9 Å². The van der Waals surface area contributed by atoms with Crippen LogP contribution in [-0.2, 0) is 25.6 Å². The van der Waals surface area contributed by atoms with Crippen LogP contribution in [0.25, 0.3) is 11.1 Å². The Labute approximate surface area is 223 Å². The van der Waals surface area contributed by atoms with Gasteiger partial charge in [0.05, 0.1) is 39.5 Å². The predicted octanol–water partition coefficient (Wildman–Crippen LogP) is 6.38. The van der Waals surface area contributed by atoms with Crippen LogP contribution in [0.5, 0.6) is 5.75 Å². The Kier molecular flexibility index (Phi) is 9.28. The lowest BCUT2D eigenvalue weighted by Crippen LogP contribution is -2.16. The molecule has 198 valence electrons. The Morgan fingerprint density at radius 1 is 1.19 bits per heavy atom. The van der Waals surface area contributed by atoms with Crippen LogP contribution in [0.15, 0.2) is 59.9 Å². The first-order valence-electron chi connectivity index (χ1n) is 12.8. The van der Waals surface area contributed by atoms with Crippen LogP contribution in [0.2, 0.25) is 0 Å². The minimum Gasteiger partial charge on any atom is -0.494 e. The minimum absolute atomic E-state index is 0.0498. The van der Waals surface area contributed by atoms with Crippen molar-refractivity contribution in [2.24, 2.45) is 5.92 Å². The lowest BCUT2D eigenvalue weighted by atomic mass is 9.92. The molecular formula is C31H38O5S. The third kappa shape index (κ3) is 7.14. The van der Waals surface area contributed by atoms with Crippen LogP contribution in [0.1, 0.15) is 36.0 Å². The first kappa shape index (κ1) is 27.2. The summed E-state index contributed by atoms with van der Waals surface area (Å²) in [7, 11) is 1.63. The van der Waals surface area contributed by atoms with Gasteiger partial charge in [-0.15, -0.1) is 0 Å². The van der Waals surface area contributed by atoms with Crippen LogP contribution < -0.4 is 4.74 Å². The van der Waals surface area contributed by atoms with Gasteiger partial charge in [0, 0.05) is 5.92 Å². The summed E-state index contributed by atoms with van der Waals surface area (Å²) < 4.78 is 22.9. The van der Waals surface area contributed by atoms with Crippen LogP contribution in [0.4, 0.5) is 0 Å². The van der Waals surface area contributed by atoms with Crippen molar-refractivity contribution < 1.29 is 23.7 Å². The molecule has 4 rings (SSSR count). The molecule has 1 heterocycles. The minimum atomic E-state index is -0.207. The van der Waals surface area contributed by atoms with E-state index in [1.54, 1.807) is 0 Å². The second-order valence-electron chi connectivity index (χ2n) is 9.88. The molecule has 2 aliphatic rings. The van der Waals surface area contributed by atoms with Gasteiger partial charge in [-0.3, -0.25) is 4.79 Å². The molecule has 0 radical (unpaired) electrons. The summed E-state index contributed by atoms with van der Waals surface area (Å²) in [5.41, 5.74) is 7.06. The highest BCUT2D eigenvalue weighted by atomic mass is 32.2. The number of fused-ring (bicyclic) bond motifs is 1. The molecule has 2 aromatic carbocycles. The second-order valence-corrected chi connectivity index (χ2v) is 11.9. The molecule has 1 aliphatic carbocycles. The molecule has 5 nitrogen and oxygen atoms in total. The molecule has 37 heavy (non-hydrogen) atoms. The lowest BCUT2D eigenvalue weighted by Gasteiger charge is -2.19. The average molecular weight is 523 g/mol. The molecule has 1 aliphatic heterocycles. The van der Waals surface area contributed by atoms with E-state index in [4.69, 9.17) is 18.9 Å². The molecule has 1 fully saturated rings. The first-order chi connectivity index (χ1) is 17.8. The van der Waals surface area contributed by atoms with E-state index in [9.17, 15) is 4.79 Å². The maximum Gasteiger partial charge on any atom is 0.306 e. The van der Waals surface area contributed by atoms with Crippen molar-refractivity contribution in [3.63, 3.8) is 0 Å². The zero-order valence-corrected chi connectivity index (χ0v) is 23.2. The number of methoxy groups -OCH3 is 1. The van der Waals surface area contributed by atoms with E-state index in [0.717, 1.165) is 47.8 Å². The van der Waals surface area contributed by atoms with E-state index < -0.39 is 0 Å². The number of hydrogen-bond donors (Lipinski definition) is 0. The molecular weight excluding hydrogens is 484 g/mol. The monoisotopic (exact) mass is 522 g/mol. The van der Waals surface area contributed by atoms with E-state index in [1.807, 2.05) is 6.08 Å². The van der Waals surface area contributed by atoms with Crippen molar-refractivity contribution in [2.45, 2.75) is 45.8 Å². The molecule has 0 bridgehead atoms. The Morgan fingerprint density at radius 3 is 2.70 bits per heavy atom. The Hall–Kier alpha value is -2.83. The number of rotatable bonds is 11. The molecule has 0 spiro atoms. The predicted molar refractivity (Wildman–Crippen MR) is 152 cm³/mol. The zero-order valence-electron chi connectivity index (χ0n) is 22.4. The molecule has 0 aromatic heterocycles. The number of esters is 1. The first-order valence-corrected chi connectivity index (χ1v) is 14.8. The van der Waals surface area contributed by atoms with E-state index in [2.05, 4.69) is 68.4 Å². The fourth-order valence-corrected chi connectivity index (χ4v) is 5.61. The van der Waals surface area contributed by atoms with Gasteiger partial charge >= 0.3 is 5.97 Å². The summed E-state index contributed by atoms with van der Waals surface area (Å²) in [5, 5.41) is 0. The summed E-state index contributed by atoms with van der Waals surface area (Å²) in [5.74, 6) is 6.80. The van der Waals surface area contributed by atoms with Gasteiger partial charge in [-0.1, -0.05) is 30.1 Å². The van der Waals surface area contributed by atoms with Crippen molar-refractivity contribution in [3.05, 3.63) is 76.6 Å². The Balaban J connectivity index is 1.37. The SMILES string of the molecule is C=S(C)CCCOc1cc(C)c(-c2cccc(COC3C=C4OCC(CC(=O)OC)C4=CC3)c2)c(C)c1. The summed E-state index contributed by atoms with van der Waals surface area (Å²) in [6.45, 7) is 6.04. The van der Waals surface area contributed by atoms with Crippen molar-refractivity contribution in [2.75, 3.05) is 32.3 Å². The second kappa shape index (κ2) is 12.6. The third-order valence-electron chi connectivity index (χ3n) is 6.80. The highest BCUT2D eigenvalue weighted by molar-refractivity contribution is 8.13. The molecule has 0 saturated carbocycles. The molecule has 2 aromatic rings. The summed E-state index contributed by atoms with van der Waals surface area (Å²) in [6.07, 6.45) is 8.45. The Bertz CT molecular complexity index is 1190. The molecule has 3 atom stereocenters. The third-order valence-corrected chi connectivity index (χ3v) is 7.79. The molecule has 6 heteroatoms. The van der Waals surface area contributed by atoms with Crippen molar-refractivity contribution in [1.82, 2.24) is 0 Å². The van der Waals surface area contributed by atoms with Gasteiger partial charge in [0.25, 0.3) is 0 Å². The van der Waals surface area contributed by atoms with E-state index in [1.165, 1.54) is 29.4 Å². The number of carbonyl (C=O) groups excluding carboxylic acids is 1. The number of benzene rings is 2.